The molecule has 0 spiro atoms. The van der Waals surface area contributed by atoms with Crippen LogP contribution < -0.4 is 4.90 Å². The number of rotatable bonds is 4. The number of amides is 1. The van der Waals surface area contributed by atoms with Gasteiger partial charge in [-0.2, -0.15) is 0 Å². The molecule has 1 fully saturated rings. The number of para-hydroxylation sites is 1. The fraction of sp³-hybridized carbons (Fsp3) is 0.350. The standard InChI is InChI=1S/C20H23NO2/c1-15-8-3-5-10-17(15)14-21(18-11-6-4-9-16(18)2)20(22)19-12-7-13-23-19/h3-6,8-11,19H,7,12-14H2,1-2H3/t19-/m0/s1. The van der Waals surface area contributed by atoms with Gasteiger partial charge >= 0.3 is 0 Å². The second kappa shape index (κ2) is 6.97. The molecule has 2 aromatic carbocycles. The SMILES string of the molecule is Cc1ccccc1CN(C(=O)[C@@H]1CCCO1)c1ccccc1C. The average molecular weight is 309 g/mol. The van der Waals surface area contributed by atoms with Crippen LogP contribution in [0.4, 0.5) is 5.69 Å². The Morgan fingerprint density at radius 3 is 2.43 bits per heavy atom. The smallest absolute Gasteiger partial charge is 0.256 e. The minimum absolute atomic E-state index is 0.0695. The number of hydrogen-bond donors (Lipinski definition) is 0. The number of nitrogens with zero attached hydrogens (tertiary/aromatic N) is 1. The summed E-state index contributed by atoms with van der Waals surface area (Å²) < 4.78 is 5.63. The first-order valence-corrected chi connectivity index (χ1v) is 8.20. The third-order valence-electron chi connectivity index (χ3n) is 4.47. The summed E-state index contributed by atoms with van der Waals surface area (Å²) in [5, 5.41) is 0. The Morgan fingerprint density at radius 2 is 1.78 bits per heavy atom. The molecule has 1 saturated heterocycles. The van der Waals surface area contributed by atoms with E-state index in [2.05, 4.69) is 19.1 Å². The van der Waals surface area contributed by atoms with Crippen LogP contribution in [0.2, 0.25) is 0 Å². The van der Waals surface area contributed by atoms with Gasteiger partial charge in [0, 0.05) is 12.3 Å². The van der Waals surface area contributed by atoms with Gasteiger partial charge in [-0.3, -0.25) is 4.79 Å². The zero-order chi connectivity index (χ0) is 16.2. The largest absolute Gasteiger partial charge is 0.368 e. The van der Waals surface area contributed by atoms with Gasteiger partial charge in [0.15, 0.2) is 0 Å². The second-order valence-corrected chi connectivity index (χ2v) is 6.14. The first-order chi connectivity index (χ1) is 11.2. The van der Waals surface area contributed by atoms with E-state index in [4.69, 9.17) is 4.74 Å². The van der Waals surface area contributed by atoms with Gasteiger partial charge in [-0.05, 0) is 49.4 Å². The summed E-state index contributed by atoms with van der Waals surface area (Å²) in [6.45, 7) is 5.39. The lowest BCUT2D eigenvalue weighted by Gasteiger charge is -2.27. The van der Waals surface area contributed by atoms with Crippen LogP contribution in [0.5, 0.6) is 0 Å². The van der Waals surface area contributed by atoms with Crippen molar-refractivity contribution in [3.05, 3.63) is 65.2 Å². The highest BCUT2D eigenvalue weighted by atomic mass is 16.5. The first kappa shape index (κ1) is 15.8. The minimum atomic E-state index is -0.307. The van der Waals surface area contributed by atoms with E-state index in [1.807, 2.05) is 48.2 Å². The second-order valence-electron chi connectivity index (χ2n) is 6.14. The summed E-state index contributed by atoms with van der Waals surface area (Å²) in [7, 11) is 0. The monoisotopic (exact) mass is 309 g/mol. The van der Waals surface area contributed by atoms with Gasteiger partial charge in [0.2, 0.25) is 0 Å². The van der Waals surface area contributed by atoms with Crippen LogP contribution in [0.15, 0.2) is 48.5 Å². The lowest BCUT2D eigenvalue weighted by atomic mass is 10.1. The van der Waals surface area contributed by atoms with Crippen molar-refractivity contribution in [3.63, 3.8) is 0 Å². The molecule has 2 aromatic rings. The summed E-state index contributed by atoms with van der Waals surface area (Å²) in [4.78, 5) is 14.9. The van der Waals surface area contributed by atoms with E-state index in [0.29, 0.717) is 13.2 Å². The maximum absolute atomic E-state index is 13.0. The third kappa shape index (κ3) is 3.45. The van der Waals surface area contributed by atoms with Crippen molar-refractivity contribution in [1.82, 2.24) is 0 Å². The predicted octanol–water partition coefficient (Wildman–Crippen LogP) is 4.02. The average Bonchev–Trinajstić information content (AvgIpc) is 3.09. The number of carbonyl (C=O) groups is 1. The van der Waals surface area contributed by atoms with Gasteiger partial charge in [-0.1, -0.05) is 42.5 Å². The predicted molar refractivity (Wildman–Crippen MR) is 92.5 cm³/mol. The Morgan fingerprint density at radius 1 is 1.09 bits per heavy atom. The van der Waals surface area contributed by atoms with Crippen LogP contribution in [0.1, 0.15) is 29.5 Å². The van der Waals surface area contributed by atoms with E-state index in [1.165, 1.54) is 11.1 Å². The van der Waals surface area contributed by atoms with Crippen molar-refractivity contribution in [3.8, 4) is 0 Å². The van der Waals surface area contributed by atoms with Crippen molar-refractivity contribution in [2.24, 2.45) is 0 Å². The van der Waals surface area contributed by atoms with Gasteiger partial charge in [-0.25, -0.2) is 0 Å². The van der Waals surface area contributed by atoms with Gasteiger partial charge in [0.1, 0.15) is 6.10 Å². The summed E-state index contributed by atoms with van der Waals surface area (Å²) >= 11 is 0. The Bertz CT molecular complexity index is 690. The van der Waals surface area contributed by atoms with Crippen LogP contribution in [-0.2, 0) is 16.1 Å². The number of aryl methyl sites for hydroxylation is 2. The molecule has 0 unspecified atom stereocenters. The van der Waals surface area contributed by atoms with E-state index in [1.54, 1.807) is 0 Å². The van der Waals surface area contributed by atoms with Crippen LogP contribution >= 0.6 is 0 Å². The molecule has 0 N–H and O–H groups in total. The topological polar surface area (TPSA) is 29.5 Å². The van der Waals surface area contributed by atoms with Crippen LogP contribution in [0.25, 0.3) is 0 Å². The lowest BCUT2D eigenvalue weighted by molar-refractivity contribution is -0.127. The molecule has 0 bridgehead atoms. The molecule has 1 aliphatic rings. The highest BCUT2D eigenvalue weighted by Crippen LogP contribution is 2.26. The molecular weight excluding hydrogens is 286 g/mol. The molecule has 23 heavy (non-hydrogen) atoms. The van der Waals surface area contributed by atoms with Crippen LogP contribution in [0, 0.1) is 13.8 Å². The maximum atomic E-state index is 13.0. The number of benzene rings is 2. The molecule has 0 saturated carbocycles. The van der Waals surface area contributed by atoms with Gasteiger partial charge < -0.3 is 9.64 Å². The Hall–Kier alpha value is -2.13. The highest BCUT2D eigenvalue weighted by molar-refractivity contribution is 5.97. The zero-order valence-electron chi connectivity index (χ0n) is 13.8. The minimum Gasteiger partial charge on any atom is -0.368 e. The Kier molecular flexibility index (Phi) is 4.77. The number of carbonyl (C=O) groups excluding carboxylic acids is 1. The maximum Gasteiger partial charge on any atom is 0.256 e. The summed E-state index contributed by atoms with van der Waals surface area (Å²) in [5.41, 5.74) is 4.44. The van der Waals surface area contributed by atoms with Crippen molar-refractivity contribution in [1.29, 1.82) is 0 Å². The third-order valence-corrected chi connectivity index (χ3v) is 4.47. The first-order valence-electron chi connectivity index (χ1n) is 8.20. The Balaban J connectivity index is 1.94. The summed E-state index contributed by atoms with van der Waals surface area (Å²) in [6.07, 6.45) is 1.47. The molecule has 3 nitrogen and oxygen atoms in total. The molecule has 0 aromatic heterocycles. The molecule has 120 valence electrons. The molecule has 3 heteroatoms. The van der Waals surface area contributed by atoms with Crippen molar-refractivity contribution >= 4 is 11.6 Å². The molecule has 1 amide bonds. The Labute approximate surface area is 137 Å². The van der Waals surface area contributed by atoms with Crippen LogP contribution in [0.3, 0.4) is 0 Å². The fourth-order valence-electron chi connectivity index (χ4n) is 3.05. The van der Waals surface area contributed by atoms with Gasteiger partial charge in [0.05, 0.1) is 6.54 Å². The van der Waals surface area contributed by atoms with Crippen molar-refractivity contribution < 1.29 is 9.53 Å². The number of anilines is 1. The van der Waals surface area contributed by atoms with Gasteiger partial charge in [0.25, 0.3) is 5.91 Å². The lowest BCUT2D eigenvalue weighted by Crippen LogP contribution is -2.39. The zero-order valence-corrected chi connectivity index (χ0v) is 13.8. The molecule has 3 rings (SSSR count). The van der Waals surface area contributed by atoms with Crippen LogP contribution in [-0.4, -0.2) is 18.6 Å². The van der Waals surface area contributed by atoms with E-state index in [-0.39, 0.29) is 12.0 Å². The molecule has 0 aliphatic carbocycles. The molecule has 0 radical (unpaired) electrons. The van der Waals surface area contributed by atoms with E-state index < -0.39 is 0 Å². The number of hydrogen-bond acceptors (Lipinski definition) is 2. The molecular formula is C20H23NO2. The van der Waals surface area contributed by atoms with Crippen molar-refractivity contribution in [2.75, 3.05) is 11.5 Å². The molecule has 1 aliphatic heterocycles. The molecule has 1 atom stereocenters. The van der Waals surface area contributed by atoms with E-state index in [9.17, 15) is 4.79 Å². The normalized spacial score (nSPS) is 17.2. The quantitative estimate of drug-likeness (QED) is 0.854. The highest BCUT2D eigenvalue weighted by Gasteiger charge is 2.30. The fourth-order valence-corrected chi connectivity index (χ4v) is 3.05. The molecule has 1 heterocycles. The van der Waals surface area contributed by atoms with Gasteiger partial charge in [-0.15, -0.1) is 0 Å². The van der Waals surface area contributed by atoms with Crippen molar-refractivity contribution in [2.45, 2.75) is 39.3 Å². The summed E-state index contributed by atoms with van der Waals surface area (Å²) in [6, 6.07) is 16.3. The summed E-state index contributed by atoms with van der Waals surface area (Å²) in [5.74, 6) is 0.0695. The number of ether oxygens (including phenoxy) is 1. The van der Waals surface area contributed by atoms with E-state index >= 15 is 0 Å². The van der Waals surface area contributed by atoms with E-state index in [0.717, 1.165) is 24.1 Å².